The number of rotatable bonds is 2. The van der Waals surface area contributed by atoms with Gasteiger partial charge in [0.15, 0.2) is 5.69 Å². The van der Waals surface area contributed by atoms with Crippen molar-refractivity contribution in [2.45, 2.75) is 32.7 Å². The lowest BCUT2D eigenvalue weighted by Crippen LogP contribution is -2.41. The number of hydrogen-bond acceptors (Lipinski definition) is 4. The van der Waals surface area contributed by atoms with Gasteiger partial charge in [-0.05, 0) is 32.3 Å². The van der Waals surface area contributed by atoms with Gasteiger partial charge in [0.2, 0.25) is 0 Å². The van der Waals surface area contributed by atoms with Gasteiger partial charge in [-0.25, -0.2) is 0 Å². The molecule has 2 aromatic rings. The molecule has 106 valence electrons. The number of nitrogens with zero attached hydrogens (tertiary/aromatic N) is 4. The predicted octanol–water partition coefficient (Wildman–Crippen LogP) is 1.97. The maximum Gasteiger partial charge on any atom is 0.276 e. The highest BCUT2D eigenvalue weighted by Gasteiger charge is 2.27. The summed E-state index contributed by atoms with van der Waals surface area (Å²) < 4.78 is 6.94. The summed E-state index contributed by atoms with van der Waals surface area (Å²) in [4.78, 5) is 14.2. The van der Waals surface area contributed by atoms with E-state index in [0.29, 0.717) is 18.0 Å². The Bertz CT molecular complexity index is 616. The Balaban J connectivity index is 1.73. The molecule has 6 nitrogen and oxygen atoms in total. The number of carbonyl (C=O) groups is 1. The van der Waals surface area contributed by atoms with Crippen molar-refractivity contribution in [3.8, 4) is 0 Å². The lowest BCUT2D eigenvalue weighted by atomic mass is 10.1. The molecule has 1 fully saturated rings. The SMILES string of the molecule is Cc1cnn([C@H]2CCCN(C(=O)c3cc(C)on3)C2)c1. The molecule has 0 aromatic carbocycles. The summed E-state index contributed by atoms with van der Waals surface area (Å²) in [5.74, 6) is 0.597. The zero-order chi connectivity index (χ0) is 14.1. The highest BCUT2D eigenvalue weighted by atomic mass is 16.5. The van der Waals surface area contributed by atoms with E-state index in [2.05, 4.69) is 10.3 Å². The van der Waals surface area contributed by atoms with Gasteiger partial charge in [0, 0.05) is 25.4 Å². The fraction of sp³-hybridized carbons (Fsp3) is 0.500. The molecule has 3 heterocycles. The molecule has 0 aliphatic carbocycles. The highest BCUT2D eigenvalue weighted by Crippen LogP contribution is 2.22. The van der Waals surface area contributed by atoms with Gasteiger partial charge in [-0.2, -0.15) is 5.10 Å². The van der Waals surface area contributed by atoms with Gasteiger partial charge in [-0.15, -0.1) is 0 Å². The van der Waals surface area contributed by atoms with E-state index in [-0.39, 0.29) is 11.9 Å². The molecular formula is C14H18N4O2. The Morgan fingerprint density at radius 3 is 2.95 bits per heavy atom. The Labute approximate surface area is 117 Å². The second-order valence-corrected chi connectivity index (χ2v) is 5.37. The van der Waals surface area contributed by atoms with Crippen LogP contribution in [0.4, 0.5) is 0 Å². The first kappa shape index (κ1) is 12.9. The van der Waals surface area contributed by atoms with Crippen LogP contribution in [0.1, 0.15) is 40.7 Å². The summed E-state index contributed by atoms with van der Waals surface area (Å²) in [6.45, 7) is 5.25. The van der Waals surface area contributed by atoms with Gasteiger partial charge in [0.05, 0.1) is 12.2 Å². The van der Waals surface area contributed by atoms with Gasteiger partial charge in [-0.3, -0.25) is 9.48 Å². The van der Waals surface area contributed by atoms with Crippen molar-refractivity contribution in [2.24, 2.45) is 0 Å². The minimum Gasteiger partial charge on any atom is -0.361 e. The zero-order valence-electron chi connectivity index (χ0n) is 11.7. The van der Waals surface area contributed by atoms with E-state index in [0.717, 1.165) is 24.9 Å². The molecule has 0 bridgehead atoms. The van der Waals surface area contributed by atoms with Crippen LogP contribution in [0.15, 0.2) is 23.0 Å². The number of aromatic nitrogens is 3. The van der Waals surface area contributed by atoms with Crippen molar-refractivity contribution in [2.75, 3.05) is 13.1 Å². The molecule has 1 aliphatic heterocycles. The third-order valence-electron chi connectivity index (χ3n) is 3.64. The smallest absolute Gasteiger partial charge is 0.276 e. The fourth-order valence-electron chi connectivity index (χ4n) is 2.62. The Morgan fingerprint density at radius 1 is 1.45 bits per heavy atom. The first-order valence-electron chi connectivity index (χ1n) is 6.87. The number of amides is 1. The molecule has 1 aliphatic rings. The third kappa shape index (κ3) is 2.45. The topological polar surface area (TPSA) is 64.2 Å². The number of hydrogen-bond donors (Lipinski definition) is 0. The van der Waals surface area contributed by atoms with Crippen LogP contribution in [0, 0.1) is 13.8 Å². The molecule has 2 aromatic heterocycles. The third-order valence-corrected chi connectivity index (χ3v) is 3.64. The zero-order valence-corrected chi connectivity index (χ0v) is 11.7. The van der Waals surface area contributed by atoms with E-state index in [9.17, 15) is 4.79 Å². The second-order valence-electron chi connectivity index (χ2n) is 5.37. The lowest BCUT2D eigenvalue weighted by Gasteiger charge is -2.32. The molecule has 0 N–H and O–H groups in total. The van der Waals surface area contributed by atoms with Crippen LogP contribution in [0.5, 0.6) is 0 Å². The largest absolute Gasteiger partial charge is 0.361 e. The Morgan fingerprint density at radius 2 is 2.30 bits per heavy atom. The van der Waals surface area contributed by atoms with Crippen molar-refractivity contribution in [1.82, 2.24) is 19.8 Å². The van der Waals surface area contributed by atoms with Gasteiger partial charge in [0.25, 0.3) is 5.91 Å². The normalized spacial score (nSPS) is 19.3. The minimum atomic E-state index is -0.0598. The van der Waals surface area contributed by atoms with Crippen LogP contribution in [0.3, 0.4) is 0 Å². The average Bonchev–Trinajstić information content (AvgIpc) is 3.07. The van der Waals surface area contributed by atoms with Crippen LogP contribution in [0.25, 0.3) is 0 Å². The molecule has 3 rings (SSSR count). The quantitative estimate of drug-likeness (QED) is 0.839. The minimum absolute atomic E-state index is 0.0598. The summed E-state index contributed by atoms with van der Waals surface area (Å²) in [5.41, 5.74) is 1.53. The molecule has 1 amide bonds. The van der Waals surface area contributed by atoms with Gasteiger partial charge < -0.3 is 9.42 Å². The van der Waals surface area contributed by atoms with Gasteiger partial charge in [-0.1, -0.05) is 5.16 Å². The van der Waals surface area contributed by atoms with E-state index < -0.39 is 0 Å². The lowest BCUT2D eigenvalue weighted by molar-refractivity contribution is 0.0662. The van der Waals surface area contributed by atoms with Gasteiger partial charge in [0.1, 0.15) is 5.76 Å². The Kier molecular flexibility index (Phi) is 3.30. The van der Waals surface area contributed by atoms with E-state index in [1.807, 2.05) is 28.9 Å². The first-order chi connectivity index (χ1) is 9.63. The second kappa shape index (κ2) is 5.11. The molecule has 0 radical (unpaired) electrons. The van der Waals surface area contributed by atoms with Crippen LogP contribution in [-0.4, -0.2) is 38.8 Å². The average molecular weight is 274 g/mol. The van der Waals surface area contributed by atoms with Crippen LogP contribution < -0.4 is 0 Å². The number of piperidine rings is 1. The summed E-state index contributed by atoms with van der Waals surface area (Å²) in [5, 5.41) is 8.16. The number of carbonyl (C=O) groups excluding carboxylic acids is 1. The van der Waals surface area contributed by atoms with Crippen molar-refractivity contribution in [1.29, 1.82) is 0 Å². The van der Waals surface area contributed by atoms with Crippen molar-refractivity contribution in [3.63, 3.8) is 0 Å². The van der Waals surface area contributed by atoms with E-state index >= 15 is 0 Å². The van der Waals surface area contributed by atoms with E-state index in [1.165, 1.54) is 0 Å². The Hall–Kier alpha value is -2.11. The first-order valence-corrected chi connectivity index (χ1v) is 6.87. The van der Waals surface area contributed by atoms with E-state index in [1.54, 1.807) is 13.0 Å². The van der Waals surface area contributed by atoms with Crippen LogP contribution in [-0.2, 0) is 0 Å². The van der Waals surface area contributed by atoms with Gasteiger partial charge >= 0.3 is 0 Å². The molecule has 0 unspecified atom stereocenters. The number of likely N-dealkylation sites (tertiary alicyclic amines) is 1. The summed E-state index contributed by atoms with van der Waals surface area (Å²) in [7, 11) is 0. The molecule has 1 atom stereocenters. The standard InChI is InChI=1S/C14H18N4O2/c1-10-7-15-18(8-10)12-4-3-5-17(9-12)14(19)13-6-11(2)20-16-13/h6-8,12H,3-5,9H2,1-2H3/t12-/m0/s1. The maximum atomic E-state index is 12.4. The summed E-state index contributed by atoms with van der Waals surface area (Å²) in [6.07, 6.45) is 5.90. The summed E-state index contributed by atoms with van der Waals surface area (Å²) >= 11 is 0. The molecule has 6 heteroatoms. The maximum absolute atomic E-state index is 12.4. The van der Waals surface area contributed by atoms with Crippen LogP contribution >= 0.6 is 0 Å². The number of aryl methyl sites for hydroxylation is 2. The predicted molar refractivity (Wildman–Crippen MR) is 72.4 cm³/mol. The molecule has 0 spiro atoms. The molecule has 0 saturated carbocycles. The van der Waals surface area contributed by atoms with E-state index in [4.69, 9.17) is 4.52 Å². The highest BCUT2D eigenvalue weighted by molar-refractivity contribution is 5.92. The van der Waals surface area contributed by atoms with Crippen molar-refractivity contribution >= 4 is 5.91 Å². The summed E-state index contributed by atoms with van der Waals surface area (Å²) in [6, 6.07) is 1.93. The monoisotopic (exact) mass is 274 g/mol. The van der Waals surface area contributed by atoms with Crippen molar-refractivity contribution in [3.05, 3.63) is 35.5 Å². The molecular weight excluding hydrogens is 256 g/mol. The van der Waals surface area contributed by atoms with Crippen molar-refractivity contribution < 1.29 is 9.32 Å². The fourth-order valence-corrected chi connectivity index (χ4v) is 2.62. The molecule has 20 heavy (non-hydrogen) atoms. The molecule has 1 saturated heterocycles. The van der Waals surface area contributed by atoms with Crippen LogP contribution in [0.2, 0.25) is 0 Å².